The number of allylic oxidation sites excluding steroid dienone is 3. The Kier molecular flexibility index (Phi) is 25.7. The van der Waals surface area contributed by atoms with E-state index in [2.05, 4.69) is 40.3 Å². The van der Waals surface area contributed by atoms with Gasteiger partial charge in [-0.25, -0.2) is 0 Å². The minimum atomic E-state index is -0.728. The number of nitrogens with one attached hydrogen (secondary N) is 4. The summed E-state index contributed by atoms with van der Waals surface area (Å²) in [6.45, 7) is 34.1. The van der Waals surface area contributed by atoms with Gasteiger partial charge in [-0.1, -0.05) is 175 Å². The highest BCUT2D eigenvalue weighted by atomic mass is 17.2. The number of carbonyl (C=O) groups excluding carboxylic acids is 4. The van der Waals surface area contributed by atoms with E-state index in [1.807, 2.05) is 177 Å². The molecule has 6 atom stereocenters. The second-order valence-electron chi connectivity index (χ2n) is 22.5. The van der Waals surface area contributed by atoms with Crippen LogP contribution in [0.2, 0.25) is 0 Å². The predicted molar refractivity (Wildman–Crippen MR) is 290 cm³/mol. The van der Waals surface area contributed by atoms with Crippen LogP contribution in [0.4, 0.5) is 0 Å². The normalized spacial score (nSPS) is 15.6. The van der Waals surface area contributed by atoms with Crippen LogP contribution >= 0.6 is 0 Å². The number of nitrogens with zero attached hydrogens (tertiary/aromatic N) is 3. The van der Waals surface area contributed by atoms with Crippen molar-refractivity contribution in [3.63, 3.8) is 0 Å². The molecule has 14 nitrogen and oxygen atoms in total. The Labute approximate surface area is 428 Å². The minimum Gasteiger partial charge on any atom is -0.411 e. The van der Waals surface area contributed by atoms with E-state index in [1.54, 1.807) is 44.1 Å². The van der Waals surface area contributed by atoms with Crippen LogP contribution in [0, 0.1) is 22.7 Å². The van der Waals surface area contributed by atoms with Crippen molar-refractivity contribution in [1.82, 2.24) is 31.1 Å². The molecular formula is C57H93N7O7. The van der Waals surface area contributed by atoms with Crippen LogP contribution < -0.4 is 21.3 Å². The average Bonchev–Trinajstić information content (AvgIpc) is 3.29. The van der Waals surface area contributed by atoms with Crippen molar-refractivity contribution in [2.45, 2.75) is 165 Å². The van der Waals surface area contributed by atoms with Crippen LogP contribution in [-0.4, -0.2) is 116 Å². The Morgan fingerprint density at radius 2 is 0.972 bits per heavy atom. The van der Waals surface area contributed by atoms with Crippen molar-refractivity contribution in [3.8, 4) is 0 Å². The first-order valence-corrected chi connectivity index (χ1v) is 24.9. The second-order valence-corrected chi connectivity index (χ2v) is 22.5. The van der Waals surface area contributed by atoms with E-state index in [0.717, 1.165) is 22.3 Å². The molecule has 0 radical (unpaired) electrons. The van der Waals surface area contributed by atoms with Gasteiger partial charge in [0.2, 0.25) is 23.6 Å². The fraction of sp³-hybridized carbons (Fsp3) is 0.596. The molecule has 398 valence electrons. The van der Waals surface area contributed by atoms with E-state index < -0.39 is 45.8 Å². The summed E-state index contributed by atoms with van der Waals surface area (Å²) in [5.41, 5.74) is 1.76. The first kappa shape index (κ1) is 63.7. The number of oxime groups is 1. The van der Waals surface area contributed by atoms with E-state index in [1.165, 1.54) is 12.5 Å². The summed E-state index contributed by atoms with van der Waals surface area (Å²) < 4.78 is 0. The monoisotopic (exact) mass is 988 g/mol. The molecule has 0 unspecified atom stereocenters. The van der Waals surface area contributed by atoms with Crippen molar-refractivity contribution in [2.24, 2.45) is 27.8 Å². The molecule has 2 aromatic carbocycles. The molecule has 2 aromatic rings. The van der Waals surface area contributed by atoms with E-state index in [0.29, 0.717) is 6.61 Å². The number of likely N-dealkylation sites (N-methyl/N-ethyl adjacent to an activating group) is 4. The van der Waals surface area contributed by atoms with Gasteiger partial charge in [0.15, 0.2) is 0 Å². The zero-order valence-electron chi connectivity index (χ0n) is 47.2. The summed E-state index contributed by atoms with van der Waals surface area (Å²) in [6.07, 6.45) is 8.57. The van der Waals surface area contributed by atoms with Crippen LogP contribution in [0.15, 0.2) is 101 Å². The van der Waals surface area contributed by atoms with Crippen molar-refractivity contribution >= 4 is 29.8 Å². The van der Waals surface area contributed by atoms with Crippen LogP contribution in [0.5, 0.6) is 0 Å². The third kappa shape index (κ3) is 19.0. The summed E-state index contributed by atoms with van der Waals surface area (Å²) in [4.78, 5) is 68.0. The van der Waals surface area contributed by atoms with Gasteiger partial charge in [0, 0.05) is 24.9 Å². The third-order valence-corrected chi connectivity index (χ3v) is 13.0. The lowest BCUT2D eigenvalue weighted by molar-refractivity contribution is -0.244. The van der Waals surface area contributed by atoms with Crippen LogP contribution in [0.1, 0.15) is 129 Å². The maximum Gasteiger partial charge on any atom is 0.245 e. The predicted octanol–water partition coefficient (Wildman–Crippen LogP) is 8.97. The first-order chi connectivity index (χ1) is 32.9. The van der Waals surface area contributed by atoms with Gasteiger partial charge in [-0.15, -0.1) is 0 Å². The molecule has 5 N–H and O–H groups in total. The highest BCUT2D eigenvalue weighted by molar-refractivity contribution is 5.92. The molecule has 0 aromatic heterocycles. The molecule has 0 aliphatic rings. The zero-order chi connectivity index (χ0) is 54.7. The molecule has 0 fully saturated rings. The molecule has 0 spiro atoms. The summed E-state index contributed by atoms with van der Waals surface area (Å²) in [5, 5.41) is 24.4. The molecule has 0 bridgehead atoms. The van der Waals surface area contributed by atoms with E-state index in [9.17, 15) is 19.2 Å². The quantitative estimate of drug-likeness (QED) is 0.0139. The van der Waals surface area contributed by atoms with Crippen LogP contribution in [-0.2, 0) is 39.8 Å². The minimum absolute atomic E-state index is 0.120. The molecule has 0 saturated heterocycles. The second kappa shape index (κ2) is 28.7. The SMILES string of the molecule is CCOO/C=C\C(C)=C\[C@H](C(C)C)N(C)C(=O)[C@@H](NC(=O)[C@@H](NC)C(C)(C)c1ccccc1)C(C)(C)C.CN[C@H](C(=O)N[C@H](C(=O)N(C)[C@H](/C=C(\C)C=NO)C(C)C)C(C)(C)C)C(C)(C)c1ccccc1. The van der Waals surface area contributed by atoms with Crippen molar-refractivity contribution < 1.29 is 34.2 Å². The van der Waals surface area contributed by atoms with Crippen molar-refractivity contribution in [3.05, 3.63) is 107 Å². The number of benzene rings is 2. The van der Waals surface area contributed by atoms with Crippen molar-refractivity contribution in [1.29, 1.82) is 0 Å². The Hall–Kier alpha value is -5.31. The maximum absolute atomic E-state index is 13.9. The van der Waals surface area contributed by atoms with Gasteiger partial charge in [-0.2, -0.15) is 4.89 Å². The summed E-state index contributed by atoms with van der Waals surface area (Å²) in [5.74, 6) is -0.458. The zero-order valence-corrected chi connectivity index (χ0v) is 47.2. The van der Waals surface area contributed by atoms with Gasteiger partial charge >= 0.3 is 0 Å². The lowest BCUT2D eigenvalue weighted by atomic mass is 9.76. The van der Waals surface area contributed by atoms with Gasteiger partial charge in [0.25, 0.3) is 0 Å². The van der Waals surface area contributed by atoms with Gasteiger partial charge in [0.05, 0.1) is 37.0 Å². The van der Waals surface area contributed by atoms with Gasteiger partial charge < -0.3 is 41.2 Å². The van der Waals surface area contributed by atoms with E-state index in [-0.39, 0.29) is 47.5 Å². The molecule has 71 heavy (non-hydrogen) atoms. The standard InChI is InChI=1S/C30H49N3O4.C27H44N4O3/c1-12-36-37-19-18-22(4)20-24(21(2)3)33(11)28(35)26(29(5,6)7)32-27(34)25(31-10)30(8,9)23-16-14-13-15-17-23;1-18(2)21(16-19(3)17-29-34)31(10)25(33)23(26(4,5)6)30-24(32)22(28-9)27(7,8)20-14-12-11-13-15-20/h13-21,24-26,31H,12H2,1-11H3,(H,32,34);11-18,21-23,28,34H,1-10H3,(H,30,32)/b19-18-,22-20+;19-16+,29-17?/t24-,25-,26-;21-,22-,23-/m11/s1. The van der Waals surface area contributed by atoms with Gasteiger partial charge in [-0.3, -0.25) is 19.2 Å². The largest absolute Gasteiger partial charge is 0.411 e. The van der Waals surface area contributed by atoms with Gasteiger partial charge in [-0.05, 0) is 85.9 Å². The lowest BCUT2D eigenvalue weighted by Gasteiger charge is -2.40. The number of rotatable bonds is 23. The van der Waals surface area contributed by atoms with Gasteiger partial charge in [0.1, 0.15) is 18.3 Å². The van der Waals surface area contributed by atoms with Crippen molar-refractivity contribution in [2.75, 3.05) is 34.8 Å². The maximum atomic E-state index is 13.9. The molecule has 4 amide bonds. The fourth-order valence-corrected chi connectivity index (χ4v) is 8.63. The molecule has 0 aliphatic heterocycles. The summed E-state index contributed by atoms with van der Waals surface area (Å²) in [6, 6.07) is 16.9. The average molecular weight is 988 g/mol. The Bertz CT molecular complexity index is 2080. The van der Waals surface area contributed by atoms with Crippen LogP contribution in [0.3, 0.4) is 0 Å². The molecule has 14 heteroatoms. The molecule has 0 aliphatic carbocycles. The Morgan fingerprint density at radius 1 is 0.620 bits per heavy atom. The Balaban J connectivity index is 0.000000713. The fourth-order valence-electron chi connectivity index (χ4n) is 8.63. The number of carbonyl (C=O) groups is 4. The summed E-state index contributed by atoms with van der Waals surface area (Å²) >= 11 is 0. The highest BCUT2D eigenvalue weighted by Crippen LogP contribution is 2.31. The smallest absolute Gasteiger partial charge is 0.245 e. The molecule has 0 saturated carbocycles. The van der Waals surface area contributed by atoms with E-state index in [4.69, 9.17) is 15.0 Å². The van der Waals surface area contributed by atoms with Crippen LogP contribution in [0.25, 0.3) is 0 Å². The molecular weight excluding hydrogens is 895 g/mol. The van der Waals surface area contributed by atoms with E-state index >= 15 is 0 Å². The number of amides is 4. The highest BCUT2D eigenvalue weighted by Gasteiger charge is 2.43. The molecule has 0 heterocycles. The number of hydrogen-bond donors (Lipinski definition) is 5. The lowest BCUT2D eigenvalue weighted by Crippen LogP contribution is -2.61. The first-order valence-electron chi connectivity index (χ1n) is 24.9. The molecule has 2 rings (SSSR count). The summed E-state index contributed by atoms with van der Waals surface area (Å²) in [7, 11) is 7.09. The Morgan fingerprint density at radius 3 is 1.27 bits per heavy atom. The topological polar surface area (TPSA) is 174 Å². The number of hydrogen-bond acceptors (Lipinski definition) is 10. The third-order valence-electron chi connectivity index (χ3n) is 13.0.